The van der Waals surface area contributed by atoms with Crippen LogP contribution in [0.1, 0.15) is 48.9 Å². The summed E-state index contributed by atoms with van der Waals surface area (Å²) < 4.78 is 5.81. The van der Waals surface area contributed by atoms with Crippen molar-refractivity contribution in [2.45, 2.75) is 60.0 Å². The highest BCUT2D eigenvalue weighted by atomic mass is 16.5. The van der Waals surface area contributed by atoms with Gasteiger partial charge in [-0.2, -0.15) is 0 Å². The molecule has 0 heterocycles. The first-order valence-electron chi connectivity index (χ1n) is 10.7. The fourth-order valence-electron chi connectivity index (χ4n) is 3.50. The summed E-state index contributed by atoms with van der Waals surface area (Å²) in [5.74, 6) is 0.351. The molecule has 0 bridgehead atoms. The van der Waals surface area contributed by atoms with Crippen molar-refractivity contribution in [3.63, 3.8) is 0 Å². The van der Waals surface area contributed by atoms with E-state index < -0.39 is 6.04 Å². The molecule has 5 heteroatoms. The first-order valence-corrected chi connectivity index (χ1v) is 10.7. The molecule has 0 aliphatic rings. The van der Waals surface area contributed by atoms with E-state index in [2.05, 4.69) is 11.4 Å². The first-order chi connectivity index (χ1) is 14.3. The number of carbonyl (C=O) groups is 2. The largest absolute Gasteiger partial charge is 0.484 e. The lowest BCUT2D eigenvalue weighted by molar-refractivity contribution is -0.143. The second-order valence-electron chi connectivity index (χ2n) is 7.78. The molecule has 0 fully saturated rings. The number of nitrogens with one attached hydrogen (secondary N) is 1. The summed E-state index contributed by atoms with van der Waals surface area (Å²) in [5.41, 5.74) is 4.28. The fraction of sp³-hybridized carbons (Fsp3) is 0.440. The summed E-state index contributed by atoms with van der Waals surface area (Å²) >= 11 is 0. The van der Waals surface area contributed by atoms with Gasteiger partial charge in [-0.15, -0.1) is 0 Å². The summed E-state index contributed by atoms with van der Waals surface area (Å²) in [4.78, 5) is 27.6. The third kappa shape index (κ3) is 6.61. The Hall–Kier alpha value is -2.82. The number of rotatable bonds is 10. The number of hydrogen-bond acceptors (Lipinski definition) is 3. The van der Waals surface area contributed by atoms with Crippen LogP contribution in [0.15, 0.2) is 42.5 Å². The highest BCUT2D eigenvalue weighted by Crippen LogP contribution is 2.18. The topological polar surface area (TPSA) is 58.6 Å². The maximum atomic E-state index is 13.2. The van der Waals surface area contributed by atoms with E-state index in [-0.39, 0.29) is 18.4 Å². The molecule has 0 spiro atoms. The number of hydrogen-bond donors (Lipinski definition) is 1. The molecule has 2 rings (SSSR count). The molecule has 30 heavy (non-hydrogen) atoms. The van der Waals surface area contributed by atoms with Crippen LogP contribution in [0.5, 0.6) is 5.75 Å². The Morgan fingerprint density at radius 2 is 1.70 bits per heavy atom. The van der Waals surface area contributed by atoms with Crippen molar-refractivity contribution < 1.29 is 14.3 Å². The van der Waals surface area contributed by atoms with Crippen LogP contribution in [0.3, 0.4) is 0 Å². The molecule has 2 aromatic carbocycles. The van der Waals surface area contributed by atoms with E-state index in [1.54, 1.807) is 4.90 Å². The molecule has 0 aliphatic carbocycles. The monoisotopic (exact) mass is 410 g/mol. The number of carbonyl (C=O) groups excluding carboxylic acids is 2. The molecule has 1 N–H and O–H groups in total. The van der Waals surface area contributed by atoms with Crippen molar-refractivity contribution in [2.75, 3.05) is 13.2 Å². The Labute approximate surface area is 180 Å². The van der Waals surface area contributed by atoms with Gasteiger partial charge in [0, 0.05) is 13.1 Å². The van der Waals surface area contributed by atoms with Crippen LogP contribution in [0.4, 0.5) is 0 Å². The fourth-order valence-corrected chi connectivity index (χ4v) is 3.50. The van der Waals surface area contributed by atoms with Crippen molar-refractivity contribution >= 4 is 11.8 Å². The van der Waals surface area contributed by atoms with E-state index >= 15 is 0 Å². The smallest absolute Gasteiger partial charge is 0.261 e. The Kier molecular flexibility index (Phi) is 8.90. The zero-order chi connectivity index (χ0) is 22.1. The summed E-state index contributed by atoms with van der Waals surface area (Å²) in [6, 6.07) is 13.3. The highest BCUT2D eigenvalue weighted by Gasteiger charge is 2.29. The SMILES string of the molecule is CCCNC(=O)[C@@H](CC)N(Cc1ccccc1C)C(=O)COc1cc(C)cc(C)c1. The van der Waals surface area contributed by atoms with Gasteiger partial charge in [0.25, 0.3) is 5.91 Å². The van der Waals surface area contributed by atoms with Crippen molar-refractivity contribution in [3.8, 4) is 5.75 Å². The van der Waals surface area contributed by atoms with Crippen LogP contribution in [0.25, 0.3) is 0 Å². The molecule has 0 radical (unpaired) electrons. The van der Waals surface area contributed by atoms with Crippen molar-refractivity contribution in [2.24, 2.45) is 0 Å². The third-order valence-electron chi connectivity index (χ3n) is 5.09. The lowest BCUT2D eigenvalue weighted by Crippen LogP contribution is -2.50. The maximum Gasteiger partial charge on any atom is 0.261 e. The van der Waals surface area contributed by atoms with Crippen molar-refractivity contribution in [1.82, 2.24) is 10.2 Å². The minimum absolute atomic E-state index is 0.105. The van der Waals surface area contributed by atoms with Crippen LogP contribution < -0.4 is 10.1 Å². The average Bonchev–Trinajstić information content (AvgIpc) is 2.71. The average molecular weight is 411 g/mol. The van der Waals surface area contributed by atoms with Crippen LogP contribution in [-0.2, 0) is 16.1 Å². The maximum absolute atomic E-state index is 13.2. The van der Waals surface area contributed by atoms with Crippen LogP contribution >= 0.6 is 0 Å². The standard InChI is InChI=1S/C25H34N2O3/c1-6-12-26-25(29)23(7-2)27(16-21-11-9-8-10-20(21)5)24(28)17-30-22-14-18(3)13-19(4)15-22/h8-11,13-15,23H,6-7,12,16-17H2,1-5H3,(H,26,29)/t23-/m1/s1. The van der Waals surface area contributed by atoms with Gasteiger partial charge in [-0.05, 0) is 68.0 Å². The predicted octanol–water partition coefficient (Wildman–Crippen LogP) is 4.32. The summed E-state index contributed by atoms with van der Waals surface area (Å²) in [5, 5.41) is 2.93. The Bertz CT molecular complexity index is 843. The number of amides is 2. The molecule has 5 nitrogen and oxygen atoms in total. The van der Waals surface area contributed by atoms with E-state index in [1.165, 1.54) is 0 Å². The minimum atomic E-state index is -0.536. The molecule has 0 unspecified atom stereocenters. The van der Waals surface area contributed by atoms with E-state index in [0.717, 1.165) is 28.7 Å². The van der Waals surface area contributed by atoms with Gasteiger partial charge in [0.05, 0.1) is 0 Å². The van der Waals surface area contributed by atoms with Gasteiger partial charge < -0.3 is 15.0 Å². The first kappa shape index (κ1) is 23.5. The quantitative estimate of drug-likeness (QED) is 0.634. The van der Waals surface area contributed by atoms with Gasteiger partial charge in [0.15, 0.2) is 6.61 Å². The van der Waals surface area contributed by atoms with E-state index in [9.17, 15) is 9.59 Å². The number of benzene rings is 2. The molecule has 0 saturated heterocycles. The van der Waals surface area contributed by atoms with Gasteiger partial charge in [0.1, 0.15) is 11.8 Å². The molecule has 162 valence electrons. The molecule has 0 saturated carbocycles. The van der Waals surface area contributed by atoms with E-state index in [0.29, 0.717) is 25.3 Å². The van der Waals surface area contributed by atoms with Gasteiger partial charge in [-0.3, -0.25) is 9.59 Å². The second-order valence-corrected chi connectivity index (χ2v) is 7.78. The molecule has 1 atom stereocenters. The lowest BCUT2D eigenvalue weighted by atomic mass is 10.1. The Balaban J connectivity index is 2.22. The molecular weight excluding hydrogens is 376 g/mol. The summed E-state index contributed by atoms with van der Waals surface area (Å²) in [7, 11) is 0. The number of aryl methyl sites for hydroxylation is 3. The van der Waals surface area contributed by atoms with Gasteiger partial charge in [-0.25, -0.2) is 0 Å². The number of ether oxygens (including phenoxy) is 1. The molecule has 0 aromatic heterocycles. The molecule has 2 amide bonds. The van der Waals surface area contributed by atoms with Crippen LogP contribution in [0.2, 0.25) is 0 Å². The zero-order valence-corrected chi connectivity index (χ0v) is 18.8. The normalized spacial score (nSPS) is 11.6. The molecule has 0 aliphatic heterocycles. The van der Waals surface area contributed by atoms with Gasteiger partial charge >= 0.3 is 0 Å². The molecular formula is C25H34N2O3. The highest BCUT2D eigenvalue weighted by molar-refractivity contribution is 5.88. The van der Waals surface area contributed by atoms with Crippen molar-refractivity contribution in [3.05, 3.63) is 64.7 Å². The lowest BCUT2D eigenvalue weighted by Gasteiger charge is -2.31. The summed E-state index contributed by atoms with van der Waals surface area (Å²) in [6.07, 6.45) is 1.39. The Morgan fingerprint density at radius 1 is 1.03 bits per heavy atom. The summed E-state index contributed by atoms with van der Waals surface area (Å²) in [6.45, 7) is 10.8. The predicted molar refractivity (Wildman–Crippen MR) is 121 cm³/mol. The molecule has 2 aromatic rings. The zero-order valence-electron chi connectivity index (χ0n) is 18.8. The van der Waals surface area contributed by atoms with Gasteiger partial charge in [0.2, 0.25) is 5.91 Å². The van der Waals surface area contributed by atoms with E-state index in [1.807, 2.05) is 71.0 Å². The second kappa shape index (κ2) is 11.4. The van der Waals surface area contributed by atoms with E-state index in [4.69, 9.17) is 4.74 Å². The number of nitrogens with zero attached hydrogens (tertiary/aromatic N) is 1. The van der Waals surface area contributed by atoms with Crippen LogP contribution in [0, 0.1) is 20.8 Å². The minimum Gasteiger partial charge on any atom is -0.484 e. The van der Waals surface area contributed by atoms with Crippen LogP contribution in [-0.4, -0.2) is 35.9 Å². The third-order valence-corrected chi connectivity index (χ3v) is 5.09. The van der Waals surface area contributed by atoms with Crippen molar-refractivity contribution in [1.29, 1.82) is 0 Å². The Morgan fingerprint density at radius 3 is 2.30 bits per heavy atom. The van der Waals surface area contributed by atoms with Gasteiger partial charge in [-0.1, -0.05) is 44.2 Å².